The Hall–Kier alpha value is -1.38. The Morgan fingerprint density at radius 2 is 2.00 bits per heavy atom. The average molecular weight is 450 g/mol. The Kier molecular flexibility index (Phi) is 11.4. The van der Waals surface area contributed by atoms with E-state index in [9.17, 15) is 9.18 Å². The molecule has 0 aliphatic rings. The number of nitrogens with zero attached hydrogens (tertiary/aromatic N) is 3. The fourth-order valence-corrected chi connectivity index (χ4v) is 1.96. The van der Waals surface area contributed by atoms with Crippen LogP contribution in [0.25, 0.3) is 0 Å². The lowest BCUT2D eigenvalue weighted by molar-refractivity contribution is -0.127. The SMILES string of the molecule is CCCCNC(=NCC(=O)N(C)C)N(C)Cc1cccc(F)c1.I. The summed E-state index contributed by atoms with van der Waals surface area (Å²) in [4.78, 5) is 19.5. The van der Waals surface area contributed by atoms with Gasteiger partial charge < -0.3 is 15.1 Å². The Balaban J connectivity index is 0.00000529. The van der Waals surface area contributed by atoms with Crippen molar-refractivity contribution in [2.24, 2.45) is 4.99 Å². The fraction of sp³-hybridized carbons (Fsp3) is 0.529. The van der Waals surface area contributed by atoms with Crippen molar-refractivity contribution < 1.29 is 9.18 Å². The van der Waals surface area contributed by atoms with Crippen molar-refractivity contribution in [1.82, 2.24) is 15.1 Å². The van der Waals surface area contributed by atoms with Gasteiger partial charge in [-0.25, -0.2) is 9.38 Å². The molecule has 5 nitrogen and oxygen atoms in total. The summed E-state index contributed by atoms with van der Waals surface area (Å²) in [6, 6.07) is 6.49. The van der Waals surface area contributed by atoms with Crippen LogP contribution in [0, 0.1) is 5.82 Å². The molecule has 136 valence electrons. The number of unbranched alkanes of at least 4 members (excludes halogenated alkanes) is 1. The molecule has 1 N–H and O–H groups in total. The third-order valence-electron chi connectivity index (χ3n) is 3.35. The van der Waals surface area contributed by atoms with E-state index in [1.165, 1.54) is 17.0 Å². The summed E-state index contributed by atoms with van der Waals surface area (Å²) in [5, 5.41) is 3.26. The first-order chi connectivity index (χ1) is 10.9. The molecule has 1 aromatic carbocycles. The number of benzene rings is 1. The molecule has 0 spiro atoms. The average Bonchev–Trinajstić information content (AvgIpc) is 2.50. The van der Waals surface area contributed by atoms with Crippen molar-refractivity contribution in [2.45, 2.75) is 26.3 Å². The highest BCUT2D eigenvalue weighted by Gasteiger charge is 2.09. The number of amides is 1. The van der Waals surface area contributed by atoms with Gasteiger partial charge in [0.05, 0.1) is 0 Å². The van der Waals surface area contributed by atoms with Crippen LogP contribution < -0.4 is 5.32 Å². The first-order valence-corrected chi connectivity index (χ1v) is 7.88. The monoisotopic (exact) mass is 450 g/mol. The number of carbonyl (C=O) groups is 1. The number of hydrogen-bond donors (Lipinski definition) is 1. The highest BCUT2D eigenvalue weighted by Crippen LogP contribution is 2.06. The fourth-order valence-electron chi connectivity index (χ4n) is 1.96. The van der Waals surface area contributed by atoms with Crippen LogP contribution in [0.1, 0.15) is 25.3 Å². The molecule has 0 bridgehead atoms. The predicted molar refractivity (Wildman–Crippen MR) is 107 cm³/mol. The zero-order valence-corrected chi connectivity index (χ0v) is 17.2. The van der Waals surface area contributed by atoms with E-state index in [-0.39, 0.29) is 42.2 Å². The summed E-state index contributed by atoms with van der Waals surface area (Å²) >= 11 is 0. The first kappa shape index (κ1) is 22.6. The van der Waals surface area contributed by atoms with E-state index >= 15 is 0 Å². The van der Waals surface area contributed by atoms with Crippen molar-refractivity contribution in [3.63, 3.8) is 0 Å². The molecule has 1 aromatic rings. The van der Waals surface area contributed by atoms with Crippen molar-refractivity contribution in [3.05, 3.63) is 35.6 Å². The lowest BCUT2D eigenvalue weighted by Gasteiger charge is -2.23. The molecular weight excluding hydrogens is 422 g/mol. The lowest BCUT2D eigenvalue weighted by Crippen LogP contribution is -2.40. The second kappa shape index (κ2) is 12.0. The van der Waals surface area contributed by atoms with Crippen LogP contribution >= 0.6 is 24.0 Å². The third-order valence-corrected chi connectivity index (χ3v) is 3.35. The molecule has 0 saturated carbocycles. The van der Waals surface area contributed by atoms with E-state index in [0.29, 0.717) is 12.5 Å². The standard InChI is InChI=1S/C17H27FN4O.HI/c1-5-6-10-19-17(20-12-16(23)21(2)3)22(4)13-14-8-7-9-15(18)11-14;/h7-9,11H,5-6,10,12-13H2,1-4H3,(H,19,20);1H. The van der Waals surface area contributed by atoms with E-state index in [4.69, 9.17) is 0 Å². The van der Waals surface area contributed by atoms with Gasteiger partial charge in [0.2, 0.25) is 5.91 Å². The van der Waals surface area contributed by atoms with Crippen LogP contribution in [0.15, 0.2) is 29.3 Å². The van der Waals surface area contributed by atoms with Crippen LogP contribution in [0.5, 0.6) is 0 Å². The van der Waals surface area contributed by atoms with Gasteiger partial charge in [-0.15, -0.1) is 24.0 Å². The Bertz CT molecular complexity index is 537. The molecule has 0 aliphatic heterocycles. The number of rotatable bonds is 7. The van der Waals surface area contributed by atoms with Crippen LogP contribution in [-0.4, -0.2) is 55.9 Å². The predicted octanol–water partition coefficient (Wildman–Crippen LogP) is 2.71. The van der Waals surface area contributed by atoms with Gasteiger partial charge in [-0.2, -0.15) is 0 Å². The largest absolute Gasteiger partial charge is 0.356 e. The highest BCUT2D eigenvalue weighted by atomic mass is 127. The Morgan fingerprint density at radius 1 is 1.29 bits per heavy atom. The molecule has 0 atom stereocenters. The summed E-state index contributed by atoms with van der Waals surface area (Å²) in [7, 11) is 5.29. The summed E-state index contributed by atoms with van der Waals surface area (Å²) in [6.45, 7) is 3.52. The minimum absolute atomic E-state index is 0. The van der Waals surface area contributed by atoms with Gasteiger partial charge in [0.1, 0.15) is 12.4 Å². The van der Waals surface area contributed by atoms with Crippen LogP contribution in [0.2, 0.25) is 0 Å². The van der Waals surface area contributed by atoms with E-state index in [1.807, 2.05) is 18.0 Å². The molecule has 7 heteroatoms. The Labute approximate surface area is 161 Å². The molecule has 0 fully saturated rings. The minimum Gasteiger partial charge on any atom is -0.356 e. The number of hydrogen-bond acceptors (Lipinski definition) is 2. The van der Waals surface area contributed by atoms with Crippen molar-refractivity contribution in [1.29, 1.82) is 0 Å². The summed E-state index contributed by atoms with van der Waals surface area (Å²) in [5.41, 5.74) is 0.858. The number of guanidine groups is 1. The molecule has 0 saturated heterocycles. The molecule has 24 heavy (non-hydrogen) atoms. The zero-order valence-electron chi connectivity index (χ0n) is 14.9. The maximum Gasteiger partial charge on any atom is 0.243 e. The maximum absolute atomic E-state index is 13.3. The van der Waals surface area contributed by atoms with Crippen LogP contribution in [-0.2, 0) is 11.3 Å². The van der Waals surface area contributed by atoms with E-state index < -0.39 is 0 Å². The number of aliphatic imine (C=N–C) groups is 1. The highest BCUT2D eigenvalue weighted by molar-refractivity contribution is 14.0. The number of likely N-dealkylation sites (N-methyl/N-ethyl adjacent to an activating group) is 1. The van der Waals surface area contributed by atoms with E-state index in [2.05, 4.69) is 17.2 Å². The maximum atomic E-state index is 13.3. The molecule has 1 amide bonds. The first-order valence-electron chi connectivity index (χ1n) is 7.88. The molecule has 0 radical (unpaired) electrons. The van der Waals surface area contributed by atoms with Gasteiger partial charge in [-0.3, -0.25) is 4.79 Å². The second-order valence-corrected chi connectivity index (χ2v) is 5.69. The van der Waals surface area contributed by atoms with E-state index in [1.54, 1.807) is 20.2 Å². The molecule has 0 unspecified atom stereocenters. The molecule has 1 rings (SSSR count). The van der Waals surface area contributed by atoms with Gasteiger partial charge >= 0.3 is 0 Å². The van der Waals surface area contributed by atoms with Gasteiger partial charge in [0, 0.05) is 34.2 Å². The molecular formula is C17H28FIN4O. The van der Waals surface area contributed by atoms with Crippen molar-refractivity contribution in [3.8, 4) is 0 Å². The van der Waals surface area contributed by atoms with Gasteiger partial charge in [0.25, 0.3) is 0 Å². The van der Waals surface area contributed by atoms with Crippen LogP contribution in [0.3, 0.4) is 0 Å². The third kappa shape index (κ3) is 8.47. The van der Waals surface area contributed by atoms with Gasteiger partial charge in [-0.1, -0.05) is 25.5 Å². The Morgan fingerprint density at radius 3 is 2.58 bits per heavy atom. The van der Waals surface area contributed by atoms with Crippen molar-refractivity contribution in [2.75, 3.05) is 34.2 Å². The second-order valence-electron chi connectivity index (χ2n) is 5.69. The van der Waals surface area contributed by atoms with E-state index in [0.717, 1.165) is 24.9 Å². The van der Waals surface area contributed by atoms with Crippen LogP contribution in [0.4, 0.5) is 4.39 Å². The molecule has 0 heterocycles. The topological polar surface area (TPSA) is 47.9 Å². The normalized spacial score (nSPS) is 10.8. The number of carbonyl (C=O) groups excluding carboxylic acids is 1. The smallest absolute Gasteiger partial charge is 0.243 e. The zero-order chi connectivity index (χ0) is 17.2. The minimum atomic E-state index is -0.254. The van der Waals surface area contributed by atoms with Gasteiger partial charge in [0.15, 0.2) is 5.96 Å². The van der Waals surface area contributed by atoms with Gasteiger partial charge in [-0.05, 0) is 24.1 Å². The lowest BCUT2D eigenvalue weighted by atomic mass is 10.2. The molecule has 0 aliphatic carbocycles. The summed E-state index contributed by atoms with van der Waals surface area (Å²) in [5.74, 6) is 0.341. The molecule has 0 aromatic heterocycles. The quantitative estimate of drug-likeness (QED) is 0.301. The number of halogens is 2. The number of nitrogens with one attached hydrogen (secondary N) is 1. The van der Waals surface area contributed by atoms with Crippen molar-refractivity contribution >= 4 is 35.8 Å². The summed E-state index contributed by atoms with van der Waals surface area (Å²) in [6.07, 6.45) is 2.10. The summed E-state index contributed by atoms with van der Waals surface area (Å²) < 4.78 is 13.3.